The number of urea groups is 1. The summed E-state index contributed by atoms with van der Waals surface area (Å²) >= 11 is 0. The van der Waals surface area contributed by atoms with Crippen molar-refractivity contribution >= 4 is 22.6 Å². The Morgan fingerprint density at radius 1 is 1.15 bits per heavy atom. The number of hydrogen-bond donors (Lipinski definition) is 3. The number of aromatic nitrogens is 2. The van der Waals surface area contributed by atoms with E-state index in [-0.39, 0.29) is 6.03 Å². The molecule has 0 unspecified atom stereocenters. The van der Waals surface area contributed by atoms with Gasteiger partial charge in [0.25, 0.3) is 0 Å². The Kier molecular flexibility index (Phi) is 5.11. The summed E-state index contributed by atoms with van der Waals surface area (Å²) in [6.45, 7) is 0.340. The summed E-state index contributed by atoms with van der Waals surface area (Å²) in [6, 6.07) is 8.16. The van der Waals surface area contributed by atoms with E-state index in [1.807, 2.05) is 24.4 Å². The molecule has 0 bridgehead atoms. The van der Waals surface area contributed by atoms with E-state index in [1.54, 1.807) is 6.07 Å². The summed E-state index contributed by atoms with van der Waals surface area (Å²) in [4.78, 5) is 18.6. The molecule has 2 heterocycles. The average Bonchev–Trinajstić information content (AvgIpc) is 3.06. The second-order valence-electron chi connectivity index (χ2n) is 5.84. The van der Waals surface area contributed by atoms with E-state index in [4.69, 9.17) is 0 Å². The average molecular weight is 362 g/mol. The highest BCUT2D eigenvalue weighted by molar-refractivity contribution is 5.92. The number of carbonyl (C=O) groups excluding carboxylic acids is 1. The van der Waals surface area contributed by atoms with E-state index in [0.29, 0.717) is 30.6 Å². The van der Waals surface area contributed by atoms with Crippen molar-refractivity contribution in [1.29, 1.82) is 0 Å². The lowest BCUT2D eigenvalue weighted by Gasteiger charge is -2.09. The highest BCUT2D eigenvalue weighted by Gasteiger charge is 2.30. The van der Waals surface area contributed by atoms with E-state index in [9.17, 15) is 18.0 Å². The van der Waals surface area contributed by atoms with E-state index in [2.05, 4.69) is 20.6 Å². The zero-order chi connectivity index (χ0) is 18.6. The number of hydrogen-bond acceptors (Lipinski definition) is 2. The third kappa shape index (κ3) is 4.53. The topological polar surface area (TPSA) is 69.8 Å². The van der Waals surface area contributed by atoms with Gasteiger partial charge in [-0.1, -0.05) is 6.07 Å². The third-order valence-corrected chi connectivity index (χ3v) is 3.86. The van der Waals surface area contributed by atoms with E-state index in [0.717, 1.165) is 23.2 Å². The molecule has 0 saturated heterocycles. The van der Waals surface area contributed by atoms with Crippen LogP contribution in [0.3, 0.4) is 0 Å². The fourth-order valence-electron chi connectivity index (χ4n) is 2.57. The number of amides is 2. The second kappa shape index (κ2) is 7.47. The number of pyridine rings is 1. The third-order valence-electron chi connectivity index (χ3n) is 3.86. The number of halogens is 3. The van der Waals surface area contributed by atoms with Crippen LogP contribution in [0, 0.1) is 0 Å². The van der Waals surface area contributed by atoms with Gasteiger partial charge in [-0.3, -0.25) is 4.98 Å². The number of fused-ring (bicyclic) bond motifs is 1. The Morgan fingerprint density at radius 2 is 2.00 bits per heavy atom. The number of anilines is 1. The zero-order valence-electron chi connectivity index (χ0n) is 13.7. The number of carbonyl (C=O) groups is 1. The molecule has 136 valence electrons. The molecule has 26 heavy (non-hydrogen) atoms. The Labute approximate surface area is 147 Å². The highest BCUT2D eigenvalue weighted by atomic mass is 19.4. The van der Waals surface area contributed by atoms with Gasteiger partial charge in [0.05, 0.1) is 5.56 Å². The fourth-order valence-corrected chi connectivity index (χ4v) is 2.57. The molecule has 3 N–H and O–H groups in total. The van der Waals surface area contributed by atoms with E-state index < -0.39 is 11.7 Å². The Hall–Kier alpha value is -3.03. The van der Waals surface area contributed by atoms with Gasteiger partial charge in [0, 0.05) is 36.3 Å². The molecule has 2 aromatic heterocycles. The molecule has 2 amide bonds. The fraction of sp³-hybridized carbons (Fsp3) is 0.222. The van der Waals surface area contributed by atoms with Crippen molar-refractivity contribution in [3.63, 3.8) is 0 Å². The number of aromatic amines is 1. The maximum absolute atomic E-state index is 12.6. The van der Waals surface area contributed by atoms with Crippen LogP contribution in [0.15, 0.2) is 48.9 Å². The molecule has 8 heteroatoms. The molecular weight excluding hydrogens is 345 g/mol. The minimum Gasteiger partial charge on any atom is -0.361 e. The summed E-state index contributed by atoms with van der Waals surface area (Å²) in [6.07, 6.45) is 0.521. The van der Waals surface area contributed by atoms with Gasteiger partial charge in [-0.05, 0) is 48.1 Å². The van der Waals surface area contributed by atoms with Gasteiger partial charge in [0.15, 0.2) is 0 Å². The summed E-state index contributed by atoms with van der Waals surface area (Å²) in [5.74, 6) is 0. The van der Waals surface area contributed by atoms with Crippen LogP contribution in [0.5, 0.6) is 0 Å². The predicted molar refractivity (Wildman–Crippen MR) is 92.9 cm³/mol. The monoisotopic (exact) mass is 362 g/mol. The quantitative estimate of drug-likeness (QED) is 0.591. The van der Waals surface area contributed by atoms with Gasteiger partial charge in [-0.15, -0.1) is 0 Å². The van der Waals surface area contributed by atoms with Crippen molar-refractivity contribution in [3.8, 4) is 0 Å². The molecule has 3 aromatic rings. The first-order valence-electron chi connectivity index (χ1n) is 8.05. The number of H-pyrrole nitrogens is 1. The summed E-state index contributed by atoms with van der Waals surface area (Å²) in [5, 5.41) is 6.45. The second-order valence-corrected chi connectivity index (χ2v) is 5.84. The molecule has 0 aliphatic carbocycles. The minimum atomic E-state index is -4.40. The van der Waals surface area contributed by atoms with Gasteiger partial charge in [0.2, 0.25) is 0 Å². The van der Waals surface area contributed by atoms with Crippen LogP contribution in [0.2, 0.25) is 0 Å². The van der Waals surface area contributed by atoms with E-state index in [1.165, 1.54) is 6.20 Å². The lowest BCUT2D eigenvalue weighted by atomic mass is 10.1. The van der Waals surface area contributed by atoms with Gasteiger partial charge in [0.1, 0.15) is 0 Å². The van der Waals surface area contributed by atoms with Gasteiger partial charge < -0.3 is 15.6 Å². The van der Waals surface area contributed by atoms with Gasteiger partial charge >= 0.3 is 12.2 Å². The molecule has 0 fully saturated rings. The zero-order valence-corrected chi connectivity index (χ0v) is 13.7. The molecule has 0 aliphatic heterocycles. The van der Waals surface area contributed by atoms with Gasteiger partial charge in [-0.25, -0.2) is 4.79 Å². The number of alkyl halides is 3. The maximum Gasteiger partial charge on any atom is 0.417 e. The minimum absolute atomic E-state index is 0.340. The normalized spacial score (nSPS) is 11.5. The van der Waals surface area contributed by atoms with Crippen LogP contribution in [0.1, 0.15) is 17.5 Å². The standard InChI is InChI=1S/C18H17F3N4O/c19-18(20,21)14-8-12(10-22-11-14)2-1-6-24-17(26)25-15-4-3-13-5-7-23-16(13)9-15/h3-5,7-11,23H,1-2,6H2,(H2,24,25,26). The molecule has 0 radical (unpaired) electrons. The molecule has 0 spiro atoms. The molecule has 3 rings (SSSR count). The largest absolute Gasteiger partial charge is 0.417 e. The van der Waals surface area contributed by atoms with Crippen molar-refractivity contribution < 1.29 is 18.0 Å². The van der Waals surface area contributed by atoms with Gasteiger partial charge in [-0.2, -0.15) is 13.2 Å². The number of nitrogens with zero attached hydrogens (tertiary/aromatic N) is 1. The number of benzene rings is 1. The lowest BCUT2D eigenvalue weighted by molar-refractivity contribution is -0.137. The first-order chi connectivity index (χ1) is 12.4. The van der Waals surface area contributed by atoms with Crippen LogP contribution in [-0.2, 0) is 12.6 Å². The first-order valence-corrected chi connectivity index (χ1v) is 8.05. The smallest absolute Gasteiger partial charge is 0.361 e. The van der Waals surface area contributed by atoms with Crippen LogP contribution in [-0.4, -0.2) is 22.5 Å². The number of aryl methyl sites for hydroxylation is 1. The molecule has 0 atom stereocenters. The lowest BCUT2D eigenvalue weighted by Crippen LogP contribution is -2.29. The van der Waals surface area contributed by atoms with Crippen molar-refractivity contribution in [2.45, 2.75) is 19.0 Å². The van der Waals surface area contributed by atoms with Crippen LogP contribution in [0.25, 0.3) is 10.9 Å². The SMILES string of the molecule is O=C(NCCCc1cncc(C(F)(F)F)c1)Nc1ccc2cc[nH]c2c1. The summed E-state index contributed by atoms with van der Waals surface area (Å²) in [5.41, 5.74) is 1.29. The predicted octanol–water partition coefficient (Wildman–Crippen LogP) is 4.34. The molecule has 5 nitrogen and oxygen atoms in total. The molecular formula is C18H17F3N4O. The maximum atomic E-state index is 12.6. The number of nitrogens with one attached hydrogen (secondary N) is 3. The summed E-state index contributed by atoms with van der Waals surface area (Å²) in [7, 11) is 0. The van der Waals surface area contributed by atoms with Crippen molar-refractivity contribution in [2.24, 2.45) is 0 Å². The van der Waals surface area contributed by atoms with Crippen LogP contribution < -0.4 is 10.6 Å². The van der Waals surface area contributed by atoms with Crippen molar-refractivity contribution in [2.75, 3.05) is 11.9 Å². The highest BCUT2D eigenvalue weighted by Crippen LogP contribution is 2.29. The summed E-state index contributed by atoms with van der Waals surface area (Å²) < 4.78 is 37.9. The van der Waals surface area contributed by atoms with Crippen LogP contribution in [0.4, 0.5) is 23.7 Å². The van der Waals surface area contributed by atoms with Crippen molar-refractivity contribution in [1.82, 2.24) is 15.3 Å². The van der Waals surface area contributed by atoms with Crippen molar-refractivity contribution in [3.05, 3.63) is 60.0 Å². The number of rotatable bonds is 5. The molecule has 1 aromatic carbocycles. The molecule has 0 aliphatic rings. The molecule has 0 saturated carbocycles. The van der Waals surface area contributed by atoms with Crippen LogP contribution >= 0.6 is 0 Å². The Morgan fingerprint density at radius 3 is 2.81 bits per heavy atom. The van der Waals surface area contributed by atoms with E-state index >= 15 is 0 Å². The Bertz CT molecular complexity index is 905. The first kappa shape index (κ1) is 17.8. The Balaban J connectivity index is 1.45.